The smallest absolute Gasteiger partial charge is 0.182 e. The van der Waals surface area contributed by atoms with Gasteiger partial charge in [-0.15, -0.1) is 11.3 Å². The van der Waals surface area contributed by atoms with Crippen LogP contribution >= 0.6 is 43.2 Å². The molecule has 0 saturated heterocycles. The largest absolute Gasteiger partial charge is 0.224 e. The van der Waals surface area contributed by atoms with Gasteiger partial charge in [-0.3, -0.25) is 0 Å². The molecule has 0 saturated carbocycles. The first-order chi connectivity index (χ1) is 6.76. The van der Waals surface area contributed by atoms with Crippen LogP contribution in [-0.2, 0) is 19.7 Å². The number of sulfone groups is 2. The zero-order valence-corrected chi connectivity index (χ0v) is 12.6. The molecule has 0 spiro atoms. The van der Waals surface area contributed by atoms with Crippen LogP contribution < -0.4 is 0 Å². The van der Waals surface area contributed by atoms with Gasteiger partial charge in [0.1, 0.15) is 9.79 Å². The van der Waals surface area contributed by atoms with Gasteiger partial charge in [-0.1, -0.05) is 0 Å². The minimum Gasteiger partial charge on any atom is -0.224 e. The van der Waals surface area contributed by atoms with Gasteiger partial charge >= 0.3 is 0 Å². The van der Waals surface area contributed by atoms with Crippen molar-refractivity contribution in [2.45, 2.75) is 9.79 Å². The molecule has 15 heavy (non-hydrogen) atoms. The first kappa shape index (κ1) is 12.0. The van der Waals surface area contributed by atoms with Crippen LogP contribution in [0.2, 0.25) is 0 Å². The molecule has 1 aromatic rings. The molecule has 0 atom stereocenters. The van der Waals surface area contributed by atoms with Crippen LogP contribution in [0.15, 0.2) is 17.4 Å². The van der Waals surface area contributed by atoms with E-state index in [4.69, 9.17) is 0 Å². The van der Waals surface area contributed by atoms with Crippen molar-refractivity contribution in [3.8, 4) is 0 Å². The Bertz CT molecular complexity index is 571. The summed E-state index contributed by atoms with van der Waals surface area (Å²) in [4.78, 5) is -0.184. The highest BCUT2D eigenvalue weighted by Gasteiger charge is 2.39. The fourth-order valence-electron chi connectivity index (χ4n) is 1.30. The quantitative estimate of drug-likeness (QED) is 0.672. The number of hydrogen-bond donors (Lipinski definition) is 0. The topological polar surface area (TPSA) is 68.3 Å². The lowest BCUT2D eigenvalue weighted by Gasteiger charge is -2.13. The van der Waals surface area contributed by atoms with E-state index in [1.54, 1.807) is 0 Å². The Morgan fingerprint density at radius 2 is 1.20 bits per heavy atom. The van der Waals surface area contributed by atoms with Gasteiger partial charge < -0.3 is 0 Å². The molecule has 2 rings (SSSR count). The fourth-order valence-corrected chi connectivity index (χ4v) is 10.9. The molecular formula is C6H4Br2O4S3. The molecule has 1 aliphatic heterocycles. The van der Waals surface area contributed by atoms with Crippen molar-refractivity contribution < 1.29 is 16.8 Å². The SMILES string of the molecule is O=S1(=O)CCS(=O)(=O)c2c(Br)sc(Br)c21. The van der Waals surface area contributed by atoms with Crippen molar-refractivity contribution in [2.24, 2.45) is 0 Å². The van der Waals surface area contributed by atoms with Crippen molar-refractivity contribution in [1.82, 2.24) is 0 Å². The fraction of sp³-hybridized carbons (Fsp3) is 0.333. The number of hydrogen-bond acceptors (Lipinski definition) is 5. The van der Waals surface area contributed by atoms with E-state index in [1.807, 2.05) is 0 Å². The zero-order chi connectivity index (χ0) is 11.4. The summed E-state index contributed by atoms with van der Waals surface area (Å²) in [6, 6.07) is 0. The Morgan fingerprint density at radius 1 is 0.867 bits per heavy atom. The lowest BCUT2D eigenvalue weighted by molar-refractivity contribution is 0.575. The molecule has 0 N–H and O–H groups in total. The minimum atomic E-state index is -3.47. The first-order valence-corrected chi connectivity index (χ1v) is 9.40. The normalized spacial score (nSPS) is 22.3. The second-order valence-electron chi connectivity index (χ2n) is 2.95. The second kappa shape index (κ2) is 3.52. The predicted molar refractivity (Wildman–Crippen MR) is 63.8 cm³/mol. The van der Waals surface area contributed by atoms with Crippen LogP contribution in [0.3, 0.4) is 0 Å². The van der Waals surface area contributed by atoms with Crippen LogP contribution in [0.4, 0.5) is 0 Å². The summed E-state index contributed by atoms with van der Waals surface area (Å²) in [5.41, 5.74) is 0. The van der Waals surface area contributed by atoms with Gasteiger partial charge in [-0.05, 0) is 31.9 Å². The highest BCUT2D eigenvalue weighted by molar-refractivity contribution is 9.12. The second-order valence-corrected chi connectivity index (χ2v) is 10.7. The molecule has 0 unspecified atom stereocenters. The van der Waals surface area contributed by atoms with Crippen LogP contribution in [0.5, 0.6) is 0 Å². The Labute approximate surface area is 108 Å². The number of thiophene rings is 1. The van der Waals surface area contributed by atoms with Crippen molar-refractivity contribution in [3.63, 3.8) is 0 Å². The maximum Gasteiger partial charge on any atom is 0.182 e. The molecule has 1 aromatic heterocycles. The molecule has 0 radical (unpaired) electrons. The zero-order valence-electron chi connectivity index (χ0n) is 7.03. The average Bonchev–Trinajstić information content (AvgIpc) is 2.38. The maximum absolute atomic E-state index is 11.7. The number of rotatable bonds is 0. The van der Waals surface area contributed by atoms with E-state index >= 15 is 0 Å². The molecule has 0 fully saturated rings. The van der Waals surface area contributed by atoms with Crippen molar-refractivity contribution in [2.75, 3.05) is 11.5 Å². The third-order valence-corrected chi connectivity index (χ3v) is 9.23. The van der Waals surface area contributed by atoms with E-state index in [1.165, 1.54) is 0 Å². The summed E-state index contributed by atoms with van der Waals surface area (Å²) in [5, 5.41) is 0. The molecule has 4 nitrogen and oxygen atoms in total. The van der Waals surface area contributed by atoms with Gasteiger partial charge in [-0.25, -0.2) is 16.8 Å². The Hall–Kier alpha value is 0.560. The van der Waals surface area contributed by atoms with Gasteiger partial charge in [0.05, 0.1) is 19.1 Å². The molecule has 0 bridgehead atoms. The highest BCUT2D eigenvalue weighted by atomic mass is 79.9. The van der Waals surface area contributed by atoms with Gasteiger partial charge in [0.15, 0.2) is 19.7 Å². The summed E-state index contributed by atoms with van der Waals surface area (Å²) >= 11 is 7.21. The third-order valence-electron chi connectivity index (χ3n) is 1.99. The molecule has 0 aliphatic carbocycles. The predicted octanol–water partition coefficient (Wildman–Crippen LogP) is 1.83. The minimum absolute atomic E-state index is 0.0920. The molecule has 0 amide bonds. The lowest BCUT2D eigenvalue weighted by atomic mass is 10.6. The molecule has 0 aromatic carbocycles. The average molecular weight is 396 g/mol. The Balaban J connectivity index is 2.97. The molecule has 84 valence electrons. The molecule has 1 aliphatic rings. The molecule has 2 heterocycles. The number of fused-ring (bicyclic) bond motifs is 1. The van der Waals surface area contributed by atoms with E-state index in [0.717, 1.165) is 11.3 Å². The number of halogens is 2. The maximum atomic E-state index is 11.7. The first-order valence-electron chi connectivity index (χ1n) is 3.69. The van der Waals surface area contributed by atoms with Crippen molar-refractivity contribution >= 4 is 62.9 Å². The van der Waals surface area contributed by atoms with Gasteiger partial charge in [0, 0.05) is 0 Å². The Morgan fingerprint density at radius 3 is 1.53 bits per heavy atom. The summed E-state index contributed by atoms with van der Waals surface area (Å²) in [6.45, 7) is 0. The monoisotopic (exact) mass is 394 g/mol. The van der Waals surface area contributed by atoms with Crippen LogP contribution in [0.25, 0.3) is 0 Å². The molecule has 9 heteroatoms. The van der Waals surface area contributed by atoms with Crippen molar-refractivity contribution in [3.05, 3.63) is 7.57 Å². The van der Waals surface area contributed by atoms with Crippen molar-refractivity contribution in [1.29, 1.82) is 0 Å². The van der Waals surface area contributed by atoms with E-state index in [-0.39, 0.29) is 21.3 Å². The summed E-state index contributed by atoms with van der Waals surface area (Å²) in [6.07, 6.45) is 0. The van der Waals surface area contributed by atoms with Crippen LogP contribution in [-0.4, -0.2) is 28.3 Å². The van der Waals surface area contributed by atoms with E-state index < -0.39 is 19.7 Å². The van der Waals surface area contributed by atoms with Gasteiger partial charge in [0.25, 0.3) is 0 Å². The lowest BCUT2D eigenvalue weighted by Crippen LogP contribution is -2.25. The van der Waals surface area contributed by atoms with Gasteiger partial charge in [-0.2, -0.15) is 0 Å². The summed E-state index contributed by atoms with van der Waals surface area (Å²) in [5.74, 6) is -0.686. The standard InChI is InChI=1S/C6H4Br2O4S3/c7-5-3-4(6(8)13-5)15(11,12)2-1-14(3,9)10/h1-2H2. The third kappa shape index (κ3) is 1.82. The van der Waals surface area contributed by atoms with E-state index in [9.17, 15) is 16.8 Å². The van der Waals surface area contributed by atoms with E-state index in [2.05, 4.69) is 31.9 Å². The molecular weight excluding hydrogens is 392 g/mol. The summed E-state index contributed by atoms with van der Waals surface area (Å²) < 4.78 is 47.4. The summed E-state index contributed by atoms with van der Waals surface area (Å²) in [7, 11) is -6.94. The van der Waals surface area contributed by atoms with Gasteiger partial charge in [0.2, 0.25) is 0 Å². The van der Waals surface area contributed by atoms with Crippen LogP contribution in [0.1, 0.15) is 0 Å². The highest BCUT2D eigenvalue weighted by Crippen LogP contribution is 2.45. The Kier molecular flexibility index (Phi) is 2.83. The van der Waals surface area contributed by atoms with Crippen LogP contribution in [0, 0.1) is 0 Å². The van der Waals surface area contributed by atoms with E-state index in [0.29, 0.717) is 7.57 Å².